The number of rotatable bonds is 7. The Morgan fingerprint density at radius 2 is 1.17 bits per heavy atom. The van der Waals surface area contributed by atoms with Crippen LogP contribution >= 0.6 is 0 Å². The molecule has 328 valence electrons. The smallest absolute Gasteiger partial charge is 0.138 e. The molecule has 0 fully saturated rings. The summed E-state index contributed by atoms with van der Waals surface area (Å²) < 4.78 is 11.4. The van der Waals surface area contributed by atoms with Gasteiger partial charge in [0.25, 0.3) is 0 Å². The van der Waals surface area contributed by atoms with Crippen molar-refractivity contribution in [1.82, 2.24) is 19.1 Å². The van der Waals surface area contributed by atoms with Crippen LogP contribution in [-0.2, 0) is 21.7 Å². The Labute approximate surface area is 385 Å². The van der Waals surface area contributed by atoms with Gasteiger partial charge in [-0.3, -0.25) is 4.57 Å². The summed E-state index contributed by atoms with van der Waals surface area (Å²) in [5.41, 5.74) is 14.7. The molecule has 65 heavy (non-hydrogen) atoms. The molecule has 9 aromatic rings. The number of benzene rings is 6. The summed E-state index contributed by atoms with van der Waals surface area (Å²) in [6, 6.07) is 50.4. The molecule has 0 spiro atoms. The highest BCUT2D eigenvalue weighted by atomic mass is 16.5. The molecule has 0 amide bonds. The van der Waals surface area contributed by atoms with Crippen LogP contribution in [0.4, 0.5) is 0 Å². The lowest BCUT2D eigenvalue weighted by Crippen LogP contribution is -2.17. The molecule has 3 aromatic heterocycles. The molecule has 0 atom stereocenters. The van der Waals surface area contributed by atoms with Crippen LogP contribution in [0, 0.1) is 0 Å². The number of para-hydroxylation sites is 1. The molecule has 0 bridgehead atoms. The summed E-state index contributed by atoms with van der Waals surface area (Å²) in [5.74, 6) is 2.43. The first-order valence-electron chi connectivity index (χ1n) is 23.0. The Morgan fingerprint density at radius 3 is 1.89 bits per heavy atom. The van der Waals surface area contributed by atoms with E-state index in [1.165, 1.54) is 38.8 Å². The number of hydrogen-bond acceptors (Lipinski definition) is 3. The van der Waals surface area contributed by atoms with Crippen molar-refractivity contribution >= 4 is 21.8 Å². The molecule has 0 radical (unpaired) electrons. The average Bonchev–Trinajstić information content (AvgIpc) is 3.89. The first-order valence-corrected chi connectivity index (χ1v) is 23.0. The van der Waals surface area contributed by atoms with E-state index in [0.29, 0.717) is 0 Å². The van der Waals surface area contributed by atoms with Crippen molar-refractivity contribution in [2.24, 2.45) is 0 Å². The molecule has 9 rings (SSSR count). The van der Waals surface area contributed by atoms with Crippen molar-refractivity contribution in [2.45, 2.75) is 105 Å². The van der Waals surface area contributed by atoms with E-state index in [2.05, 4.69) is 238 Å². The quantitative estimate of drug-likeness (QED) is 0.160. The van der Waals surface area contributed by atoms with E-state index in [1.54, 1.807) is 0 Å². The van der Waals surface area contributed by atoms with Crippen LogP contribution in [0.3, 0.4) is 0 Å². The standard InChI is InChI=1S/C60H62N4O/c1-57(2,3)43-23-25-47(51(35-43)60(10,11)12)40-28-29-61-56(33-40)64-53-21-17-16-20-48(53)49-26-24-46(36-54(49)64)65-55-32-41(22-27-50(55)59(7,8)9)52-37-63(38-62-52)45-31-42(39-18-14-13-15-19-39)30-44(34-45)58(4,5)6/h13-38H,1-12H3. The van der Waals surface area contributed by atoms with Crippen LogP contribution in [0.15, 0.2) is 158 Å². The Kier molecular flexibility index (Phi) is 10.8. The predicted molar refractivity (Wildman–Crippen MR) is 273 cm³/mol. The molecule has 0 aliphatic carbocycles. The van der Waals surface area contributed by atoms with Gasteiger partial charge in [0.15, 0.2) is 0 Å². The highest BCUT2D eigenvalue weighted by Crippen LogP contribution is 2.42. The summed E-state index contributed by atoms with van der Waals surface area (Å²) >= 11 is 0. The number of imidazole rings is 1. The topological polar surface area (TPSA) is 44.9 Å². The fourth-order valence-electron chi connectivity index (χ4n) is 8.97. The molecule has 0 saturated heterocycles. The Balaban J connectivity index is 1.11. The fraction of sp³-hybridized carbons (Fsp3) is 0.267. The van der Waals surface area contributed by atoms with E-state index < -0.39 is 0 Å². The first kappa shape index (κ1) is 43.5. The summed E-state index contributed by atoms with van der Waals surface area (Å²) in [7, 11) is 0. The maximum atomic E-state index is 7.02. The van der Waals surface area contributed by atoms with Gasteiger partial charge in [0.05, 0.1) is 23.1 Å². The number of fused-ring (bicyclic) bond motifs is 3. The van der Waals surface area contributed by atoms with Gasteiger partial charge in [-0.05, 0) is 109 Å². The zero-order valence-electron chi connectivity index (χ0n) is 40.2. The van der Waals surface area contributed by atoms with Gasteiger partial charge < -0.3 is 9.30 Å². The van der Waals surface area contributed by atoms with Crippen molar-refractivity contribution in [3.63, 3.8) is 0 Å². The lowest BCUT2D eigenvalue weighted by molar-refractivity contribution is 0.456. The van der Waals surface area contributed by atoms with Crippen molar-refractivity contribution in [3.8, 4) is 56.5 Å². The van der Waals surface area contributed by atoms with Crippen LogP contribution in [0.2, 0.25) is 0 Å². The largest absolute Gasteiger partial charge is 0.457 e. The maximum Gasteiger partial charge on any atom is 0.138 e. The molecular weight excluding hydrogens is 793 g/mol. The molecular formula is C60H62N4O. The van der Waals surface area contributed by atoms with Crippen LogP contribution in [0.25, 0.3) is 66.8 Å². The monoisotopic (exact) mass is 854 g/mol. The molecule has 6 aromatic carbocycles. The average molecular weight is 855 g/mol. The lowest BCUT2D eigenvalue weighted by Gasteiger charge is -2.27. The molecule has 5 nitrogen and oxygen atoms in total. The molecule has 3 heterocycles. The molecule has 0 unspecified atom stereocenters. The van der Waals surface area contributed by atoms with Crippen molar-refractivity contribution in [2.75, 3.05) is 0 Å². The van der Waals surface area contributed by atoms with E-state index in [9.17, 15) is 0 Å². The number of hydrogen-bond donors (Lipinski definition) is 0. The van der Waals surface area contributed by atoms with Gasteiger partial charge in [-0.15, -0.1) is 0 Å². The third kappa shape index (κ3) is 8.65. The zero-order valence-corrected chi connectivity index (χ0v) is 40.2. The van der Waals surface area contributed by atoms with Crippen LogP contribution in [0.5, 0.6) is 11.5 Å². The van der Waals surface area contributed by atoms with Gasteiger partial charge >= 0.3 is 0 Å². The van der Waals surface area contributed by atoms with Gasteiger partial charge in [-0.2, -0.15) is 0 Å². The van der Waals surface area contributed by atoms with Gasteiger partial charge in [0.1, 0.15) is 17.3 Å². The Bertz CT molecular complexity index is 3210. The number of pyridine rings is 1. The number of ether oxygens (including phenoxy) is 1. The summed E-state index contributed by atoms with van der Waals surface area (Å²) in [6.07, 6.45) is 5.99. The highest BCUT2D eigenvalue weighted by Gasteiger charge is 2.25. The lowest BCUT2D eigenvalue weighted by atomic mass is 9.77. The third-order valence-corrected chi connectivity index (χ3v) is 12.7. The van der Waals surface area contributed by atoms with Gasteiger partial charge in [-0.1, -0.05) is 168 Å². The maximum absolute atomic E-state index is 7.02. The van der Waals surface area contributed by atoms with E-state index in [0.717, 1.165) is 61.8 Å². The predicted octanol–water partition coefficient (Wildman–Crippen LogP) is 16.3. The van der Waals surface area contributed by atoms with E-state index >= 15 is 0 Å². The van der Waals surface area contributed by atoms with E-state index in [1.807, 2.05) is 12.5 Å². The molecule has 0 N–H and O–H groups in total. The van der Waals surface area contributed by atoms with Gasteiger partial charge in [0, 0.05) is 46.0 Å². The van der Waals surface area contributed by atoms with E-state index in [4.69, 9.17) is 14.7 Å². The number of aromatic nitrogens is 4. The summed E-state index contributed by atoms with van der Waals surface area (Å²) in [4.78, 5) is 10.0. The second kappa shape index (κ2) is 16.1. The van der Waals surface area contributed by atoms with Gasteiger partial charge in [0.2, 0.25) is 0 Å². The van der Waals surface area contributed by atoms with E-state index in [-0.39, 0.29) is 21.7 Å². The zero-order chi connectivity index (χ0) is 46.1. The minimum Gasteiger partial charge on any atom is -0.457 e. The second-order valence-corrected chi connectivity index (χ2v) is 21.8. The molecule has 0 aliphatic heterocycles. The van der Waals surface area contributed by atoms with Crippen LogP contribution in [-0.4, -0.2) is 19.1 Å². The number of nitrogens with zero attached hydrogens (tertiary/aromatic N) is 4. The van der Waals surface area contributed by atoms with Gasteiger partial charge in [-0.25, -0.2) is 9.97 Å². The molecule has 0 aliphatic rings. The minimum absolute atomic E-state index is 0.0228. The Hall–Kier alpha value is -6.72. The summed E-state index contributed by atoms with van der Waals surface area (Å²) in [5, 5.41) is 2.31. The van der Waals surface area contributed by atoms with Crippen molar-refractivity contribution in [3.05, 3.63) is 181 Å². The van der Waals surface area contributed by atoms with Crippen molar-refractivity contribution in [1.29, 1.82) is 0 Å². The molecule has 5 heteroatoms. The second-order valence-electron chi connectivity index (χ2n) is 21.8. The molecule has 0 saturated carbocycles. The summed E-state index contributed by atoms with van der Waals surface area (Å²) in [6.45, 7) is 27.2. The fourth-order valence-corrected chi connectivity index (χ4v) is 8.97. The SMILES string of the molecule is CC(C)(C)c1cc(-c2ccccc2)cc(-n2cnc(-c3ccc(C(C)(C)C)c(Oc4ccc5c6ccccc6n(-c6cc(-c7ccc(C(C)(C)C)cc7C(C)(C)C)ccn6)c5c4)c3)c2)c1. The van der Waals surface area contributed by atoms with Crippen LogP contribution in [0.1, 0.15) is 105 Å². The normalized spacial score (nSPS) is 12.6. The Morgan fingerprint density at radius 1 is 0.462 bits per heavy atom. The first-order chi connectivity index (χ1) is 30.7. The third-order valence-electron chi connectivity index (χ3n) is 12.7. The van der Waals surface area contributed by atoms with Crippen molar-refractivity contribution < 1.29 is 4.74 Å². The minimum atomic E-state index is -0.172. The van der Waals surface area contributed by atoms with Crippen LogP contribution < -0.4 is 4.74 Å². The highest BCUT2D eigenvalue weighted by molar-refractivity contribution is 6.09.